The van der Waals surface area contributed by atoms with Crippen molar-refractivity contribution >= 4 is 29.9 Å². The molecule has 7 heteroatoms. The number of fused-ring (bicyclic) bond motifs is 1. The van der Waals surface area contributed by atoms with Crippen molar-refractivity contribution < 1.29 is 14.3 Å². The number of nitrogens with zero attached hydrogens (tertiary/aromatic N) is 2. The molecular formula is C23H28ClN3O3. The van der Waals surface area contributed by atoms with Crippen LogP contribution in [0, 0.1) is 5.92 Å². The van der Waals surface area contributed by atoms with Crippen LogP contribution in [0.5, 0.6) is 5.75 Å². The van der Waals surface area contributed by atoms with E-state index < -0.39 is 6.10 Å². The van der Waals surface area contributed by atoms with Crippen LogP contribution in [-0.2, 0) is 9.59 Å². The van der Waals surface area contributed by atoms with E-state index in [0.29, 0.717) is 31.9 Å². The summed E-state index contributed by atoms with van der Waals surface area (Å²) in [5.74, 6) is 1.15. The molecule has 160 valence electrons. The zero-order valence-corrected chi connectivity index (χ0v) is 17.9. The maximum absolute atomic E-state index is 12.9. The Bertz CT molecular complexity index is 892. The lowest BCUT2D eigenvalue weighted by Crippen LogP contribution is -2.46. The lowest BCUT2D eigenvalue weighted by atomic mass is 9.89. The molecule has 2 amide bonds. The van der Waals surface area contributed by atoms with Crippen LogP contribution in [0.1, 0.15) is 24.8 Å². The van der Waals surface area contributed by atoms with Crippen LogP contribution in [0.25, 0.3) is 0 Å². The molecule has 0 spiro atoms. The average Bonchev–Trinajstić information content (AvgIpc) is 3.19. The third kappa shape index (κ3) is 4.30. The van der Waals surface area contributed by atoms with Gasteiger partial charge in [-0.05, 0) is 37.1 Å². The van der Waals surface area contributed by atoms with Crippen LogP contribution in [0.4, 0.5) is 5.69 Å². The molecule has 2 heterocycles. The number of carbonyl (C=O) groups is 2. The second-order valence-electron chi connectivity index (χ2n) is 7.78. The summed E-state index contributed by atoms with van der Waals surface area (Å²) in [6.07, 6.45) is -0.262. The number of ether oxygens (including phenoxy) is 1. The summed E-state index contributed by atoms with van der Waals surface area (Å²) >= 11 is 0. The minimum atomic E-state index is -0.545. The summed E-state index contributed by atoms with van der Waals surface area (Å²) in [5, 5.41) is 0. The first-order chi connectivity index (χ1) is 14.1. The molecule has 0 saturated carbocycles. The van der Waals surface area contributed by atoms with Crippen molar-refractivity contribution in [2.45, 2.75) is 25.4 Å². The van der Waals surface area contributed by atoms with Crippen LogP contribution < -0.4 is 15.4 Å². The first-order valence-corrected chi connectivity index (χ1v) is 10.2. The van der Waals surface area contributed by atoms with Gasteiger partial charge < -0.3 is 20.3 Å². The summed E-state index contributed by atoms with van der Waals surface area (Å²) in [4.78, 5) is 29.1. The molecule has 2 aliphatic rings. The van der Waals surface area contributed by atoms with Gasteiger partial charge in [-0.1, -0.05) is 42.5 Å². The number of carbonyl (C=O) groups excluding carboxylic acids is 2. The first kappa shape index (κ1) is 22.1. The Morgan fingerprint density at radius 3 is 2.53 bits per heavy atom. The Hall–Kier alpha value is -2.57. The van der Waals surface area contributed by atoms with Gasteiger partial charge in [-0.2, -0.15) is 0 Å². The maximum atomic E-state index is 12.9. The molecule has 1 unspecified atom stereocenters. The van der Waals surface area contributed by atoms with E-state index in [1.54, 1.807) is 11.8 Å². The summed E-state index contributed by atoms with van der Waals surface area (Å²) in [6.45, 7) is 3.98. The number of amides is 2. The molecule has 1 fully saturated rings. The highest BCUT2D eigenvalue weighted by atomic mass is 35.5. The number of halogens is 1. The van der Waals surface area contributed by atoms with Crippen molar-refractivity contribution in [2.24, 2.45) is 11.7 Å². The van der Waals surface area contributed by atoms with Gasteiger partial charge in [-0.25, -0.2) is 0 Å². The van der Waals surface area contributed by atoms with Gasteiger partial charge in [-0.15, -0.1) is 12.4 Å². The van der Waals surface area contributed by atoms with Crippen molar-refractivity contribution in [3.05, 3.63) is 60.2 Å². The largest absolute Gasteiger partial charge is 0.479 e. The molecule has 0 bridgehead atoms. The summed E-state index contributed by atoms with van der Waals surface area (Å²) in [5.41, 5.74) is 7.95. The summed E-state index contributed by atoms with van der Waals surface area (Å²) in [7, 11) is 0. The van der Waals surface area contributed by atoms with E-state index in [1.807, 2.05) is 47.4 Å². The van der Waals surface area contributed by atoms with Crippen LogP contribution in [-0.4, -0.2) is 49.0 Å². The number of hydrogen-bond donors (Lipinski definition) is 1. The molecule has 4 rings (SSSR count). The third-order valence-electron chi connectivity index (χ3n) is 5.95. The van der Waals surface area contributed by atoms with E-state index in [4.69, 9.17) is 10.5 Å². The zero-order chi connectivity index (χ0) is 20.4. The van der Waals surface area contributed by atoms with Gasteiger partial charge in [0, 0.05) is 32.0 Å². The predicted molar refractivity (Wildman–Crippen MR) is 119 cm³/mol. The smallest absolute Gasteiger partial charge is 0.267 e. The fourth-order valence-electron chi connectivity index (χ4n) is 4.35. The minimum absolute atomic E-state index is 0. The number of rotatable bonds is 5. The van der Waals surface area contributed by atoms with Crippen molar-refractivity contribution in [1.82, 2.24) is 4.90 Å². The molecule has 3 atom stereocenters. The highest BCUT2D eigenvalue weighted by molar-refractivity contribution is 6.00. The normalized spacial score (nSPS) is 22.9. The summed E-state index contributed by atoms with van der Waals surface area (Å²) in [6, 6.07) is 17.7. The monoisotopic (exact) mass is 429 g/mol. The molecule has 6 nitrogen and oxygen atoms in total. The molecule has 0 aliphatic carbocycles. The van der Waals surface area contributed by atoms with Crippen molar-refractivity contribution in [2.75, 3.05) is 31.1 Å². The lowest BCUT2D eigenvalue weighted by Gasteiger charge is -2.33. The van der Waals surface area contributed by atoms with Gasteiger partial charge in [0.15, 0.2) is 6.10 Å². The highest BCUT2D eigenvalue weighted by Gasteiger charge is 2.36. The van der Waals surface area contributed by atoms with E-state index in [9.17, 15) is 9.59 Å². The maximum Gasteiger partial charge on any atom is 0.267 e. The third-order valence-corrected chi connectivity index (χ3v) is 5.95. The van der Waals surface area contributed by atoms with Gasteiger partial charge in [-0.3, -0.25) is 9.59 Å². The number of para-hydroxylation sites is 2. The summed E-state index contributed by atoms with van der Waals surface area (Å²) < 4.78 is 5.67. The van der Waals surface area contributed by atoms with Crippen LogP contribution in [0.2, 0.25) is 0 Å². The molecule has 2 aliphatic heterocycles. The zero-order valence-electron chi connectivity index (χ0n) is 17.1. The molecule has 0 radical (unpaired) electrons. The van der Waals surface area contributed by atoms with Crippen LogP contribution >= 0.6 is 12.4 Å². The Balaban J connectivity index is 0.00000256. The van der Waals surface area contributed by atoms with Crippen molar-refractivity contribution in [3.8, 4) is 5.75 Å². The van der Waals surface area contributed by atoms with Crippen molar-refractivity contribution in [1.29, 1.82) is 0 Å². The van der Waals surface area contributed by atoms with E-state index in [2.05, 4.69) is 12.1 Å². The molecular weight excluding hydrogens is 402 g/mol. The quantitative estimate of drug-likeness (QED) is 0.792. The lowest BCUT2D eigenvalue weighted by molar-refractivity contribution is -0.130. The highest BCUT2D eigenvalue weighted by Crippen LogP contribution is 2.35. The molecule has 2 N–H and O–H groups in total. The first-order valence-electron chi connectivity index (χ1n) is 10.2. The average molecular weight is 430 g/mol. The molecule has 30 heavy (non-hydrogen) atoms. The van der Waals surface area contributed by atoms with E-state index in [-0.39, 0.29) is 42.5 Å². The van der Waals surface area contributed by atoms with Gasteiger partial charge >= 0.3 is 0 Å². The molecule has 2 aromatic rings. The topological polar surface area (TPSA) is 75.9 Å². The van der Waals surface area contributed by atoms with Gasteiger partial charge in [0.25, 0.3) is 5.91 Å². The number of hydrogen-bond acceptors (Lipinski definition) is 4. The van der Waals surface area contributed by atoms with Gasteiger partial charge in [0.05, 0.1) is 5.69 Å². The van der Waals surface area contributed by atoms with E-state index in [1.165, 1.54) is 5.56 Å². The molecule has 1 saturated heterocycles. The van der Waals surface area contributed by atoms with E-state index >= 15 is 0 Å². The minimum Gasteiger partial charge on any atom is -0.479 e. The number of nitrogens with two attached hydrogens (primary N) is 1. The fraction of sp³-hybridized carbons (Fsp3) is 0.391. The van der Waals surface area contributed by atoms with Crippen LogP contribution in [0.15, 0.2) is 54.6 Å². The van der Waals surface area contributed by atoms with Gasteiger partial charge in [0.2, 0.25) is 5.91 Å². The molecule has 2 aromatic carbocycles. The fourth-order valence-corrected chi connectivity index (χ4v) is 4.35. The standard InChI is InChI=1S/C23H27N3O3.ClH/c1-16-23(28)26(20-9-5-6-10-21(20)29-16)12-11-22(27)25-14-18(13-24)19(15-25)17-7-3-2-4-8-17;/h2-10,16,18-19H,11-15,24H2,1H3;1H/t16?,18-,19+;/m1./s1. The Morgan fingerprint density at radius 2 is 1.80 bits per heavy atom. The second-order valence-corrected chi connectivity index (χ2v) is 7.78. The number of anilines is 1. The number of benzene rings is 2. The van der Waals surface area contributed by atoms with E-state index in [0.717, 1.165) is 5.69 Å². The van der Waals surface area contributed by atoms with Crippen LogP contribution in [0.3, 0.4) is 0 Å². The predicted octanol–water partition coefficient (Wildman–Crippen LogP) is 2.81. The Morgan fingerprint density at radius 1 is 1.10 bits per heavy atom. The second kappa shape index (κ2) is 9.49. The number of likely N-dealkylation sites (tertiary alicyclic amines) is 1. The Kier molecular flexibility index (Phi) is 7.00. The SMILES string of the molecule is CC1Oc2ccccc2N(CCC(=O)N2C[C@@H](CN)[C@H](c3ccccc3)C2)C1=O.Cl. The Labute approximate surface area is 183 Å². The molecule has 0 aromatic heterocycles. The van der Waals surface area contributed by atoms with Crippen molar-refractivity contribution in [3.63, 3.8) is 0 Å². The van der Waals surface area contributed by atoms with Gasteiger partial charge in [0.1, 0.15) is 5.75 Å².